The second-order valence-electron chi connectivity index (χ2n) is 7.83. The number of nitrogens with one attached hydrogen (secondary N) is 2. The molecule has 2 aliphatic rings. The quantitative estimate of drug-likeness (QED) is 0.395. The van der Waals surface area contributed by atoms with E-state index >= 15 is 0 Å². The van der Waals surface area contributed by atoms with Crippen LogP contribution in [0.4, 0.5) is 19.1 Å². The number of hydrogen-bond donors (Lipinski definition) is 2. The van der Waals surface area contributed by atoms with Gasteiger partial charge in [0.05, 0.1) is 6.10 Å². The number of aromatic nitrogens is 2. The van der Waals surface area contributed by atoms with Crippen molar-refractivity contribution < 1.29 is 17.9 Å². The molecule has 0 radical (unpaired) electrons. The van der Waals surface area contributed by atoms with Crippen molar-refractivity contribution in [2.24, 2.45) is 10.9 Å². The molecular formula is C20H31F3N6O. The highest BCUT2D eigenvalue weighted by molar-refractivity contribution is 5.80. The number of likely N-dealkylation sites (tertiary alicyclic amines) is 1. The lowest BCUT2D eigenvalue weighted by atomic mass is 10.1. The summed E-state index contributed by atoms with van der Waals surface area (Å²) in [5, 5.41) is 6.05. The van der Waals surface area contributed by atoms with Gasteiger partial charge in [-0.25, -0.2) is 9.97 Å². The van der Waals surface area contributed by atoms with Crippen LogP contribution in [0.15, 0.2) is 17.3 Å². The van der Waals surface area contributed by atoms with E-state index in [0.29, 0.717) is 19.2 Å². The highest BCUT2D eigenvalue weighted by atomic mass is 19.4. The smallest absolute Gasteiger partial charge is 0.378 e. The van der Waals surface area contributed by atoms with Crippen molar-refractivity contribution in [2.75, 3.05) is 45.2 Å². The fourth-order valence-electron chi connectivity index (χ4n) is 3.97. The Morgan fingerprint density at radius 1 is 1.20 bits per heavy atom. The second-order valence-corrected chi connectivity index (χ2v) is 7.83. The molecule has 10 heteroatoms. The van der Waals surface area contributed by atoms with Crippen LogP contribution in [0.1, 0.15) is 44.2 Å². The van der Waals surface area contributed by atoms with Gasteiger partial charge >= 0.3 is 6.18 Å². The molecule has 1 aromatic heterocycles. The molecule has 1 aliphatic carbocycles. The summed E-state index contributed by atoms with van der Waals surface area (Å²) in [6.45, 7) is 3.50. The maximum absolute atomic E-state index is 12.7. The van der Waals surface area contributed by atoms with Crippen molar-refractivity contribution in [1.82, 2.24) is 20.2 Å². The van der Waals surface area contributed by atoms with Crippen LogP contribution in [0.5, 0.6) is 0 Å². The molecule has 30 heavy (non-hydrogen) atoms. The molecule has 0 bridgehead atoms. The predicted molar refractivity (Wildman–Crippen MR) is 109 cm³/mol. The molecule has 0 spiro atoms. The molecule has 7 nitrogen and oxygen atoms in total. The van der Waals surface area contributed by atoms with Crippen molar-refractivity contribution in [3.05, 3.63) is 18.0 Å². The number of hydrogen-bond acceptors (Lipinski definition) is 5. The van der Waals surface area contributed by atoms with Gasteiger partial charge < -0.3 is 20.3 Å². The first-order valence-electron chi connectivity index (χ1n) is 10.7. The Bertz CT molecular complexity index is 685. The van der Waals surface area contributed by atoms with Gasteiger partial charge in [0.1, 0.15) is 5.69 Å². The highest BCUT2D eigenvalue weighted by Crippen LogP contribution is 2.27. The summed E-state index contributed by atoms with van der Waals surface area (Å²) in [6, 6.07) is 0.854. The largest absolute Gasteiger partial charge is 0.433 e. The van der Waals surface area contributed by atoms with Crippen LogP contribution >= 0.6 is 0 Å². The van der Waals surface area contributed by atoms with Gasteiger partial charge in [-0.1, -0.05) is 12.8 Å². The zero-order chi connectivity index (χ0) is 21.4. The topological polar surface area (TPSA) is 74.7 Å². The van der Waals surface area contributed by atoms with Crippen LogP contribution in [0, 0.1) is 5.92 Å². The molecule has 0 unspecified atom stereocenters. The van der Waals surface area contributed by atoms with Gasteiger partial charge in [-0.15, -0.1) is 0 Å². The zero-order valence-electron chi connectivity index (χ0n) is 17.4. The predicted octanol–water partition coefficient (Wildman–Crippen LogP) is 3.15. The fourth-order valence-corrected chi connectivity index (χ4v) is 3.97. The van der Waals surface area contributed by atoms with Gasteiger partial charge in [0.2, 0.25) is 5.95 Å². The van der Waals surface area contributed by atoms with Crippen LogP contribution in [-0.4, -0.2) is 66.8 Å². The van der Waals surface area contributed by atoms with Crippen molar-refractivity contribution in [3.63, 3.8) is 0 Å². The van der Waals surface area contributed by atoms with Gasteiger partial charge in [0.15, 0.2) is 5.96 Å². The highest BCUT2D eigenvalue weighted by Gasteiger charge is 2.32. The lowest BCUT2D eigenvalue weighted by Gasteiger charge is -2.34. The van der Waals surface area contributed by atoms with Crippen LogP contribution < -0.4 is 10.6 Å². The standard InChI is InChI=1S/C20H31F3N6O/c1-24-19(27-11-10-26-18-25-9-6-17(28-18)20(21,22)23)29-12-7-16(8-13-29)30-14-15-4-2-3-5-15/h6,9,15-16H,2-5,7-8,10-14H2,1H3,(H,24,27)(H,25,26,28). The van der Waals surface area contributed by atoms with Gasteiger partial charge in [-0.05, 0) is 37.7 Å². The molecule has 0 amide bonds. The summed E-state index contributed by atoms with van der Waals surface area (Å²) in [5.41, 5.74) is -0.957. The SMILES string of the molecule is CN=C(NCCNc1nccc(C(F)(F)F)n1)N1CCC(OCC2CCCC2)CC1. The fraction of sp³-hybridized carbons (Fsp3) is 0.750. The van der Waals surface area contributed by atoms with Crippen molar-refractivity contribution in [1.29, 1.82) is 0 Å². The maximum Gasteiger partial charge on any atom is 0.433 e. The summed E-state index contributed by atoms with van der Waals surface area (Å²) >= 11 is 0. The number of halogens is 3. The van der Waals surface area contributed by atoms with Crippen LogP contribution in [0.3, 0.4) is 0 Å². The summed E-state index contributed by atoms with van der Waals surface area (Å²) in [7, 11) is 1.73. The average molecular weight is 429 g/mol. The minimum Gasteiger partial charge on any atom is -0.378 e. The molecule has 2 heterocycles. The van der Waals surface area contributed by atoms with Crippen molar-refractivity contribution in [3.8, 4) is 0 Å². The van der Waals surface area contributed by atoms with Crippen molar-refractivity contribution in [2.45, 2.75) is 50.8 Å². The third kappa shape index (κ3) is 6.72. The third-order valence-corrected chi connectivity index (χ3v) is 5.63. The Morgan fingerprint density at radius 3 is 2.60 bits per heavy atom. The number of rotatable bonds is 7. The minimum absolute atomic E-state index is 0.0400. The number of ether oxygens (including phenoxy) is 1. The van der Waals surface area contributed by atoms with Crippen molar-refractivity contribution >= 4 is 11.9 Å². The molecule has 1 aliphatic heterocycles. The second kappa shape index (κ2) is 10.8. The first kappa shape index (κ1) is 22.6. The van der Waals surface area contributed by atoms with E-state index in [-0.39, 0.29) is 5.95 Å². The number of aliphatic imine (C=N–C) groups is 1. The monoisotopic (exact) mass is 428 g/mol. The van der Waals surface area contributed by atoms with Crippen LogP contribution in [0.2, 0.25) is 0 Å². The zero-order valence-corrected chi connectivity index (χ0v) is 17.4. The summed E-state index contributed by atoms with van der Waals surface area (Å²) in [4.78, 5) is 13.8. The van der Waals surface area contributed by atoms with E-state index in [2.05, 4.69) is 30.5 Å². The first-order chi connectivity index (χ1) is 14.5. The Morgan fingerprint density at radius 2 is 1.93 bits per heavy atom. The summed E-state index contributed by atoms with van der Waals surface area (Å²) in [6.07, 6.45) is 4.17. The lowest BCUT2D eigenvalue weighted by Crippen LogP contribution is -2.48. The van der Waals surface area contributed by atoms with E-state index in [0.717, 1.165) is 56.7 Å². The minimum atomic E-state index is -4.48. The number of anilines is 1. The number of alkyl halides is 3. The molecule has 3 rings (SSSR count). The first-order valence-corrected chi connectivity index (χ1v) is 10.7. The van der Waals surface area contributed by atoms with E-state index in [4.69, 9.17) is 4.74 Å². The average Bonchev–Trinajstić information content (AvgIpc) is 3.26. The molecule has 1 aromatic rings. The van der Waals surface area contributed by atoms with E-state index in [1.54, 1.807) is 7.05 Å². The van der Waals surface area contributed by atoms with Gasteiger partial charge in [0, 0.05) is 46.0 Å². The van der Waals surface area contributed by atoms with Crippen LogP contribution in [-0.2, 0) is 10.9 Å². The molecule has 0 aromatic carbocycles. The lowest BCUT2D eigenvalue weighted by molar-refractivity contribution is -0.141. The normalized spacial score (nSPS) is 19.3. The molecule has 168 valence electrons. The van der Waals surface area contributed by atoms with Crippen LogP contribution in [0.25, 0.3) is 0 Å². The number of piperidine rings is 1. The third-order valence-electron chi connectivity index (χ3n) is 5.63. The van der Waals surface area contributed by atoms with E-state index in [1.807, 2.05) is 0 Å². The Hall–Kier alpha value is -2.10. The molecule has 1 saturated heterocycles. The Labute approximate surface area is 175 Å². The number of nitrogens with zero attached hydrogens (tertiary/aromatic N) is 4. The van der Waals surface area contributed by atoms with E-state index in [9.17, 15) is 13.2 Å². The maximum atomic E-state index is 12.7. The molecular weight excluding hydrogens is 397 g/mol. The molecule has 0 atom stereocenters. The summed E-state index contributed by atoms with van der Waals surface area (Å²) in [5.74, 6) is 1.49. The number of guanidine groups is 1. The van der Waals surface area contributed by atoms with Gasteiger partial charge in [0.25, 0.3) is 0 Å². The van der Waals surface area contributed by atoms with Gasteiger partial charge in [-0.2, -0.15) is 13.2 Å². The summed E-state index contributed by atoms with van der Waals surface area (Å²) < 4.78 is 44.2. The Balaban J connectivity index is 1.35. The van der Waals surface area contributed by atoms with E-state index < -0.39 is 11.9 Å². The Kier molecular flexibility index (Phi) is 8.12. The van der Waals surface area contributed by atoms with E-state index in [1.165, 1.54) is 25.7 Å². The molecule has 2 fully saturated rings. The van der Waals surface area contributed by atoms with Gasteiger partial charge in [-0.3, -0.25) is 4.99 Å². The molecule has 1 saturated carbocycles. The molecule has 2 N–H and O–H groups in total.